The van der Waals surface area contributed by atoms with Crippen LogP contribution >= 0.6 is 0 Å². The largest absolute Gasteiger partial charge is 0.393 e. The van der Waals surface area contributed by atoms with Crippen LogP contribution in [0.25, 0.3) is 0 Å². The Bertz CT molecular complexity index is 223. The molecule has 2 heteroatoms. The Hall–Kier alpha value is -0.0800. The molecule has 0 amide bonds. The summed E-state index contributed by atoms with van der Waals surface area (Å²) in [7, 11) is 0. The molecule has 3 unspecified atom stereocenters. The fourth-order valence-corrected chi connectivity index (χ4v) is 3.48. The first-order valence-corrected chi connectivity index (χ1v) is 7.56. The predicted octanol–water partition coefficient (Wildman–Crippen LogP) is 2.95. The molecule has 100 valence electrons. The van der Waals surface area contributed by atoms with Gasteiger partial charge >= 0.3 is 0 Å². The molecule has 0 spiro atoms. The molecule has 2 nitrogen and oxygen atoms in total. The third-order valence-electron chi connectivity index (χ3n) is 4.94. The Morgan fingerprint density at radius 2 is 1.71 bits per heavy atom. The minimum Gasteiger partial charge on any atom is -0.393 e. The van der Waals surface area contributed by atoms with Gasteiger partial charge in [0.05, 0.1) is 6.10 Å². The highest BCUT2D eigenvalue weighted by molar-refractivity contribution is 4.83. The van der Waals surface area contributed by atoms with E-state index in [1.54, 1.807) is 0 Å². The third-order valence-corrected chi connectivity index (χ3v) is 4.94. The average Bonchev–Trinajstić information content (AvgIpc) is 2.32. The lowest BCUT2D eigenvalue weighted by atomic mass is 9.79. The summed E-state index contributed by atoms with van der Waals surface area (Å²) in [5, 5.41) is 13.3. The van der Waals surface area contributed by atoms with E-state index in [0.717, 1.165) is 36.6 Å². The first-order valence-electron chi connectivity index (χ1n) is 7.56. The molecule has 0 bridgehead atoms. The first-order chi connectivity index (χ1) is 8.15. The van der Waals surface area contributed by atoms with Crippen molar-refractivity contribution in [3.8, 4) is 0 Å². The Morgan fingerprint density at radius 3 is 2.41 bits per heavy atom. The van der Waals surface area contributed by atoms with Crippen LogP contribution in [-0.2, 0) is 0 Å². The van der Waals surface area contributed by atoms with Gasteiger partial charge in [-0.3, -0.25) is 0 Å². The van der Waals surface area contributed by atoms with E-state index in [1.807, 2.05) is 0 Å². The van der Waals surface area contributed by atoms with E-state index in [0.29, 0.717) is 0 Å². The van der Waals surface area contributed by atoms with Crippen LogP contribution in [0.15, 0.2) is 0 Å². The summed E-state index contributed by atoms with van der Waals surface area (Å²) in [6.45, 7) is 5.96. The summed E-state index contributed by atoms with van der Waals surface area (Å²) >= 11 is 0. The molecule has 2 aliphatic carbocycles. The van der Waals surface area contributed by atoms with Crippen molar-refractivity contribution < 1.29 is 5.11 Å². The maximum Gasteiger partial charge on any atom is 0.0540 e. The summed E-state index contributed by atoms with van der Waals surface area (Å²) in [6.07, 6.45) is 8.61. The van der Waals surface area contributed by atoms with E-state index in [1.165, 1.54) is 38.6 Å². The predicted molar refractivity (Wildman–Crippen MR) is 71.9 cm³/mol. The molecule has 2 N–H and O–H groups in total. The molecule has 3 atom stereocenters. The van der Waals surface area contributed by atoms with Gasteiger partial charge in [-0.2, -0.15) is 0 Å². The first kappa shape index (κ1) is 13.4. The summed E-state index contributed by atoms with van der Waals surface area (Å²) in [4.78, 5) is 0. The van der Waals surface area contributed by atoms with Gasteiger partial charge in [0.1, 0.15) is 0 Å². The molecule has 0 heterocycles. The summed E-state index contributed by atoms with van der Waals surface area (Å²) < 4.78 is 0. The SMILES string of the molecule is CC1CCC(C)C(NCC2CCC(O)CC2)C1. The van der Waals surface area contributed by atoms with Crippen molar-refractivity contribution in [1.29, 1.82) is 0 Å². The van der Waals surface area contributed by atoms with Crippen molar-refractivity contribution in [2.24, 2.45) is 17.8 Å². The van der Waals surface area contributed by atoms with Crippen LogP contribution in [0.1, 0.15) is 58.8 Å². The standard InChI is InChI=1S/C15H29NO/c1-11-3-4-12(2)15(9-11)16-10-13-5-7-14(17)8-6-13/h11-17H,3-10H2,1-2H3. The number of aliphatic hydroxyl groups is 1. The van der Waals surface area contributed by atoms with E-state index >= 15 is 0 Å². The molecule has 17 heavy (non-hydrogen) atoms. The fourth-order valence-electron chi connectivity index (χ4n) is 3.48. The zero-order valence-corrected chi connectivity index (χ0v) is 11.5. The fraction of sp³-hybridized carbons (Fsp3) is 1.00. The second-order valence-electron chi connectivity index (χ2n) is 6.58. The van der Waals surface area contributed by atoms with Gasteiger partial charge in [-0.05, 0) is 62.8 Å². The Kier molecular flexibility index (Phi) is 4.87. The van der Waals surface area contributed by atoms with Crippen LogP contribution in [0.3, 0.4) is 0 Å². The second kappa shape index (κ2) is 6.19. The van der Waals surface area contributed by atoms with Crippen molar-refractivity contribution in [2.45, 2.75) is 70.9 Å². The minimum atomic E-state index is -0.0140. The van der Waals surface area contributed by atoms with Crippen molar-refractivity contribution in [3.63, 3.8) is 0 Å². The molecular weight excluding hydrogens is 210 g/mol. The van der Waals surface area contributed by atoms with Gasteiger partial charge in [0, 0.05) is 6.04 Å². The van der Waals surface area contributed by atoms with Gasteiger partial charge in [-0.25, -0.2) is 0 Å². The van der Waals surface area contributed by atoms with Gasteiger partial charge in [-0.1, -0.05) is 20.3 Å². The second-order valence-corrected chi connectivity index (χ2v) is 6.58. The van der Waals surface area contributed by atoms with Gasteiger partial charge in [0.25, 0.3) is 0 Å². The van der Waals surface area contributed by atoms with Crippen LogP contribution in [-0.4, -0.2) is 23.8 Å². The average molecular weight is 239 g/mol. The quantitative estimate of drug-likeness (QED) is 0.793. The zero-order chi connectivity index (χ0) is 12.3. The summed E-state index contributed by atoms with van der Waals surface area (Å²) in [5.74, 6) is 2.56. The van der Waals surface area contributed by atoms with Crippen LogP contribution in [0.5, 0.6) is 0 Å². The monoisotopic (exact) mass is 239 g/mol. The van der Waals surface area contributed by atoms with E-state index in [-0.39, 0.29) is 6.10 Å². The topological polar surface area (TPSA) is 32.3 Å². The van der Waals surface area contributed by atoms with Crippen molar-refractivity contribution >= 4 is 0 Å². The zero-order valence-electron chi connectivity index (χ0n) is 11.5. The van der Waals surface area contributed by atoms with Crippen LogP contribution < -0.4 is 5.32 Å². The van der Waals surface area contributed by atoms with E-state index in [2.05, 4.69) is 19.2 Å². The number of hydrogen-bond donors (Lipinski definition) is 2. The lowest BCUT2D eigenvalue weighted by Gasteiger charge is -2.35. The lowest BCUT2D eigenvalue weighted by molar-refractivity contribution is 0.105. The molecule has 2 saturated carbocycles. The maximum atomic E-state index is 9.50. The number of rotatable bonds is 3. The van der Waals surface area contributed by atoms with Crippen LogP contribution in [0.4, 0.5) is 0 Å². The minimum absolute atomic E-state index is 0.0140. The lowest BCUT2D eigenvalue weighted by Crippen LogP contribution is -2.42. The molecule has 0 radical (unpaired) electrons. The van der Waals surface area contributed by atoms with Crippen molar-refractivity contribution in [3.05, 3.63) is 0 Å². The summed E-state index contributed by atoms with van der Waals surface area (Å²) in [5.41, 5.74) is 0. The molecule has 0 aromatic carbocycles. The molecule has 2 fully saturated rings. The van der Waals surface area contributed by atoms with E-state index < -0.39 is 0 Å². The number of aliphatic hydroxyl groups excluding tert-OH is 1. The summed E-state index contributed by atoms with van der Waals surface area (Å²) in [6, 6.07) is 0.741. The van der Waals surface area contributed by atoms with Gasteiger partial charge in [0.15, 0.2) is 0 Å². The van der Waals surface area contributed by atoms with Crippen LogP contribution in [0, 0.1) is 17.8 Å². The van der Waals surface area contributed by atoms with Crippen molar-refractivity contribution in [2.75, 3.05) is 6.54 Å². The highest BCUT2D eigenvalue weighted by Crippen LogP contribution is 2.29. The normalized spacial score (nSPS) is 43.6. The van der Waals surface area contributed by atoms with Gasteiger partial charge in [0.2, 0.25) is 0 Å². The Morgan fingerprint density at radius 1 is 1.00 bits per heavy atom. The van der Waals surface area contributed by atoms with E-state index in [9.17, 15) is 5.11 Å². The maximum absolute atomic E-state index is 9.50. The molecule has 0 saturated heterocycles. The molecular formula is C15H29NO. The molecule has 0 aromatic heterocycles. The number of hydrogen-bond acceptors (Lipinski definition) is 2. The molecule has 0 aliphatic heterocycles. The highest BCUT2D eigenvalue weighted by Gasteiger charge is 2.26. The van der Waals surface area contributed by atoms with Gasteiger partial charge < -0.3 is 10.4 Å². The molecule has 0 aromatic rings. The number of nitrogens with one attached hydrogen (secondary N) is 1. The van der Waals surface area contributed by atoms with Crippen LogP contribution in [0.2, 0.25) is 0 Å². The third kappa shape index (κ3) is 3.96. The highest BCUT2D eigenvalue weighted by atomic mass is 16.3. The van der Waals surface area contributed by atoms with E-state index in [4.69, 9.17) is 0 Å². The van der Waals surface area contributed by atoms with Crippen molar-refractivity contribution in [1.82, 2.24) is 5.32 Å². The smallest absolute Gasteiger partial charge is 0.0540 e. The molecule has 2 aliphatic rings. The Balaban J connectivity index is 1.70. The Labute approximate surface area is 106 Å². The molecule has 2 rings (SSSR count). The van der Waals surface area contributed by atoms with Gasteiger partial charge in [-0.15, -0.1) is 0 Å².